The standard InChI is InChI=1S/C18H20N2O2/c1-14-8-10-15(11-9-14)12-19-17(21)18(22)20(2)13-16-6-4-3-5-7-16/h3-11H,12-13H2,1-2H3,(H,19,21). The van der Waals surface area contributed by atoms with Gasteiger partial charge in [-0.25, -0.2) is 0 Å². The number of benzene rings is 2. The monoisotopic (exact) mass is 296 g/mol. The van der Waals surface area contributed by atoms with Crippen molar-refractivity contribution in [2.24, 2.45) is 0 Å². The van der Waals surface area contributed by atoms with Crippen molar-refractivity contribution in [3.05, 3.63) is 71.3 Å². The number of nitrogens with zero attached hydrogens (tertiary/aromatic N) is 1. The molecule has 2 amide bonds. The van der Waals surface area contributed by atoms with E-state index in [1.807, 2.05) is 61.5 Å². The molecule has 0 aromatic heterocycles. The van der Waals surface area contributed by atoms with E-state index in [2.05, 4.69) is 5.32 Å². The number of hydrogen-bond donors (Lipinski definition) is 1. The average molecular weight is 296 g/mol. The van der Waals surface area contributed by atoms with Crippen molar-refractivity contribution in [2.75, 3.05) is 7.05 Å². The average Bonchev–Trinajstić information content (AvgIpc) is 2.54. The van der Waals surface area contributed by atoms with Crippen LogP contribution in [-0.2, 0) is 22.7 Å². The molecule has 0 aliphatic carbocycles. The molecule has 2 aromatic rings. The molecule has 0 bridgehead atoms. The van der Waals surface area contributed by atoms with Gasteiger partial charge in [0.1, 0.15) is 0 Å². The van der Waals surface area contributed by atoms with E-state index in [1.165, 1.54) is 4.90 Å². The maximum atomic E-state index is 12.0. The summed E-state index contributed by atoms with van der Waals surface area (Å²) in [5.74, 6) is -1.12. The second-order valence-electron chi connectivity index (χ2n) is 5.32. The molecule has 0 aliphatic heterocycles. The van der Waals surface area contributed by atoms with Gasteiger partial charge in [0.05, 0.1) is 0 Å². The van der Waals surface area contributed by atoms with E-state index >= 15 is 0 Å². The fraction of sp³-hybridized carbons (Fsp3) is 0.222. The Morgan fingerprint density at radius 1 is 0.955 bits per heavy atom. The summed E-state index contributed by atoms with van der Waals surface area (Å²) < 4.78 is 0. The van der Waals surface area contributed by atoms with Crippen LogP contribution < -0.4 is 5.32 Å². The highest BCUT2D eigenvalue weighted by Gasteiger charge is 2.18. The van der Waals surface area contributed by atoms with Gasteiger partial charge >= 0.3 is 11.8 Å². The molecular weight excluding hydrogens is 276 g/mol. The zero-order valence-electron chi connectivity index (χ0n) is 12.9. The lowest BCUT2D eigenvalue weighted by Gasteiger charge is -2.16. The van der Waals surface area contributed by atoms with Crippen LogP contribution in [0.25, 0.3) is 0 Å². The van der Waals surface area contributed by atoms with Crippen LogP contribution in [0.15, 0.2) is 54.6 Å². The number of likely N-dealkylation sites (N-methyl/N-ethyl adjacent to an activating group) is 1. The predicted molar refractivity (Wildman–Crippen MR) is 85.9 cm³/mol. The highest BCUT2D eigenvalue weighted by molar-refractivity contribution is 6.34. The lowest BCUT2D eigenvalue weighted by atomic mass is 10.1. The topological polar surface area (TPSA) is 49.4 Å². The molecule has 0 heterocycles. The Kier molecular flexibility index (Phi) is 5.31. The molecular formula is C18H20N2O2. The van der Waals surface area contributed by atoms with Crippen LogP contribution in [0.2, 0.25) is 0 Å². The number of rotatable bonds is 4. The van der Waals surface area contributed by atoms with Crippen molar-refractivity contribution in [3.8, 4) is 0 Å². The van der Waals surface area contributed by atoms with Crippen LogP contribution in [0, 0.1) is 6.92 Å². The van der Waals surface area contributed by atoms with Crippen molar-refractivity contribution in [1.29, 1.82) is 0 Å². The molecule has 0 fully saturated rings. The summed E-state index contributed by atoms with van der Waals surface area (Å²) in [6.45, 7) is 2.77. The Bertz CT molecular complexity index is 636. The van der Waals surface area contributed by atoms with Crippen molar-refractivity contribution in [1.82, 2.24) is 10.2 Å². The van der Waals surface area contributed by atoms with Gasteiger partial charge in [0.25, 0.3) is 0 Å². The molecule has 0 spiro atoms. The number of nitrogens with one attached hydrogen (secondary N) is 1. The third-order valence-electron chi connectivity index (χ3n) is 3.38. The van der Waals surface area contributed by atoms with Gasteiger partial charge < -0.3 is 10.2 Å². The van der Waals surface area contributed by atoms with Gasteiger partial charge in [-0.2, -0.15) is 0 Å². The summed E-state index contributed by atoms with van der Waals surface area (Å²) in [4.78, 5) is 25.4. The van der Waals surface area contributed by atoms with E-state index in [0.717, 1.165) is 16.7 Å². The summed E-state index contributed by atoms with van der Waals surface area (Å²) in [5, 5.41) is 2.65. The van der Waals surface area contributed by atoms with Gasteiger partial charge in [-0.15, -0.1) is 0 Å². The smallest absolute Gasteiger partial charge is 0.311 e. The molecule has 0 radical (unpaired) electrons. The van der Waals surface area contributed by atoms with Gasteiger partial charge in [-0.1, -0.05) is 60.2 Å². The van der Waals surface area contributed by atoms with E-state index in [0.29, 0.717) is 13.1 Å². The lowest BCUT2D eigenvalue weighted by Crippen LogP contribution is -2.40. The van der Waals surface area contributed by atoms with E-state index < -0.39 is 11.8 Å². The van der Waals surface area contributed by atoms with Crippen LogP contribution in [0.5, 0.6) is 0 Å². The highest BCUT2D eigenvalue weighted by atomic mass is 16.2. The van der Waals surface area contributed by atoms with Crippen LogP contribution in [0.1, 0.15) is 16.7 Å². The summed E-state index contributed by atoms with van der Waals surface area (Å²) in [6.07, 6.45) is 0. The van der Waals surface area contributed by atoms with Gasteiger partial charge in [-0.05, 0) is 18.1 Å². The minimum atomic E-state index is -0.584. The first-order valence-corrected chi connectivity index (χ1v) is 7.19. The third kappa shape index (κ3) is 4.45. The van der Waals surface area contributed by atoms with E-state index in [1.54, 1.807) is 7.05 Å². The molecule has 0 saturated heterocycles. The zero-order valence-corrected chi connectivity index (χ0v) is 12.9. The van der Waals surface area contributed by atoms with Crippen molar-refractivity contribution >= 4 is 11.8 Å². The van der Waals surface area contributed by atoms with Gasteiger partial charge in [-0.3, -0.25) is 9.59 Å². The normalized spacial score (nSPS) is 10.1. The van der Waals surface area contributed by atoms with Crippen molar-refractivity contribution < 1.29 is 9.59 Å². The molecule has 0 saturated carbocycles. The number of aryl methyl sites for hydroxylation is 1. The van der Waals surface area contributed by atoms with Gasteiger partial charge in [0.2, 0.25) is 0 Å². The first-order chi connectivity index (χ1) is 10.6. The van der Waals surface area contributed by atoms with Gasteiger partial charge in [0.15, 0.2) is 0 Å². The summed E-state index contributed by atoms with van der Waals surface area (Å²) >= 11 is 0. The summed E-state index contributed by atoms with van der Waals surface area (Å²) in [6, 6.07) is 17.4. The van der Waals surface area contributed by atoms with Crippen LogP contribution in [0.4, 0.5) is 0 Å². The first-order valence-electron chi connectivity index (χ1n) is 7.19. The number of amides is 2. The minimum Gasteiger partial charge on any atom is -0.344 e. The minimum absolute atomic E-state index is 0.351. The van der Waals surface area contributed by atoms with Crippen LogP contribution >= 0.6 is 0 Å². The van der Waals surface area contributed by atoms with E-state index in [9.17, 15) is 9.59 Å². The molecule has 114 valence electrons. The maximum Gasteiger partial charge on any atom is 0.311 e. The van der Waals surface area contributed by atoms with E-state index in [4.69, 9.17) is 0 Å². The molecule has 4 heteroatoms. The summed E-state index contributed by atoms with van der Waals surface area (Å²) in [5.41, 5.74) is 3.12. The maximum absolute atomic E-state index is 12.0. The van der Waals surface area contributed by atoms with Gasteiger partial charge in [0, 0.05) is 20.1 Å². The predicted octanol–water partition coefficient (Wildman–Crippen LogP) is 2.27. The zero-order chi connectivity index (χ0) is 15.9. The second kappa shape index (κ2) is 7.41. The Hall–Kier alpha value is -2.62. The number of carbonyl (C=O) groups is 2. The molecule has 2 aromatic carbocycles. The molecule has 2 rings (SSSR count). The molecule has 0 unspecified atom stereocenters. The molecule has 4 nitrogen and oxygen atoms in total. The summed E-state index contributed by atoms with van der Waals surface area (Å²) in [7, 11) is 1.63. The third-order valence-corrected chi connectivity index (χ3v) is 3.38. The first kappa shape index (κ1) is 15.8. The quantitative estimate of drug-likeness (QED) is 0.880. The van der Waals surface area contributed by atoms with Crippen LogP contribution in [-0.4, -0.2) is 23.8 Å². The largest absolute Gasteiger partial charge is 0.344 e. The Morgan fingerprint density at radius 3 is 2.23 bits per heavy atom. The van der Waals surface area contributed by atoms with Crippen molar-refractivity contribution in [2.45, 2.75) is 20.0 Å². The van der Waals surface area contributed by atoms with E-state index in [-0.39, 0.29) is 0 Å². The molecule has 0 aliphatic rings. The SMILES string of the molecule is Cc1ccc(CNC(=O)C(=O)N(C)Cc2ccccc2)cc1. The Morgan fingerprint density at radius 2 is 1.59 bits per heavy atom. The van der Waals surface area contributed by atoms with Crippen molar-refractivity contribution in [3.63, 3.8) is 0 Å². The lowest BCUT2D eigenvalue weighted by molar-refractivity contribution is -0.145. The molecule has 1 N–H and O–H groups in total. The fourth-order valence-corrected chi connectivity index (χ4v) is 2.07. The number of carbonyl (C=O) groups excluding carboxylic acids is 2. The molecule has 22 heavy (non-hydrogen) atoms. The van der Waals surface area contributed by atoms with Crippen LogP contribution in [0.3, 0.4) is 0 Å². The highest BCUT2D eigenvalue weighted by Crippen LogP contribution is 2.04. The Labute approximate surface area is 130 Å². The number of hydrogen-bond acceptors (Lipinski definition) is 2. The fourth-order valence-electron chi connectivity index (χ4n) is 2.07. The Balaban J connectivity index is 1.86. The molecule has 0 atom stereocenters. The second-order valence-corrected chi connectivity index (χ2v) is 5.32.